The second-order valence-electron chi connectivity index (χ2n) is 7.63. The first-order valence-corrected chi connectivity index (χ1v) is 10.8. The van der Waals surface area contributed by atoms with Crippen LogP contribution in [0.15, 0.2) is 48.7 Å². The van der Waals surface area contributed by atoms with Crippen LogP contribution in [-0.4, -0.2) is 21.2 Å². The number of ether oxygens (including phenoxy) is 2. The number of amides is 1. The summed E-state index contributed by atoms with van der Waals surface area (Å²) in [6.45, 7) is 3.85. The Morgan fingerprint density at radius 1 is 1.18 bits per heavy atom. The van der Waals surface area contributed by atoms with Crippen molar-refractivity contribution < 1.29 is 23.0 Å². The molecule has 0 saturated heterocycles. The molecule has 0 bridgehead atoms. The van der Waals surface area contributed by atoms with Crippen LogP contribution in [0.25, 0.3) is 0 Å². The third-order valence-corrected chi connectivity index (χ3v) is 5.81. The summed E-state index contributed by atoms with van der Waals surface area (Å²) >= 11 is 0. The summed E-state index contributed by atoms with van der Waals surface area (Å²) in [5.41, 5.74) is 5.42. The molecule has 3 aromatic rings. The van der Waals surface area contributed by atoms with Crippen LogP contribution < -0.4 is 15.2 Å². The number of hydrogen-bond donors (Lipinski definition) is 1. The van der Waals surface area contributed by atoms with Crippen LogP contribution >= 0.6 is 0 Å². The maximum absolute atomic E-state index is 14.5. The number of halogens is 2. The number of fused-ring (bicyclic) bond motifs is 2. The molecule has 1 aliphatic carbocycles. The molecule has 1 amide bonds. The smallest absolute Gasteiger partial charge is 0.416 e. The van der Waals surface area contributed by atoms with Gasteiger partial charge in [-0.1, -0.05) is 13.8 Å². The summed E-state index contributed by atoms with van der Waals surface area (Å²) in [7, 11) is 0. The number of aromatic nitrogens is 2. The molecular weight excluding hydrogens is 430 g/mol. The van der Waals surface area contributed by atoms with Gasteiger partial charge in [0.05, 0.1) is 17.8 Å². The van der Waals surface area contributed by atoms with Gasteiger partial charge < -0.3 is 15.2 Å². The Morgan fingerprint density at radius 2 is 1.97 bits per heavy atom. The monoisotopic (exact) mass is 454 g/mol. The normalized spacial score (nSPS) is 15.6. The Hall–Kier alpha value is -3.75. The molecule has 1 fully saturated rings. The van der Waals surface area contributed by atoms with Gasteiger partial charge in [-0.15, -0.1) is 5.10 Å². The van der Waals surface area contributed by atoms with Crippen LogP contribution in [0.4, 0.5) is 19.3 Å². The molecule has 1 aliphatic heterocycles. The first kappa shape index (κ1) is 22.4. The fourth-order valence-electron chi connectivity index (χ4n) is 4.19. The van der Waals surface area contributed by atoms with Gasteiger partial charge in [-0.25, -0.2) is 13.6 Å². The highest BCUT2D eigenvalue weighted by molar-refractivity contribution is 5.76. The van der Waals surface area contributed by atoms with Crippen molar-refractivity contribution in [1.82, 2.24) is 15.1 Å². The summed E-state index contributed by atoms with van der Waals surface area (Å²) in [5.74, 6) is -0.264. The summed E-state index contributed by atoms with van der Waals surface area (Å²) in [6, 6.07) is 10.5. The number of benzene rings is 2. The van der Waals surface area contributed by atoms with E-state index < -0.39 is 23.3 Å². The third-order valence-electron chi connectivity index (χ3n) is 5.81. The van der Waals surface area contributed by atoms with Crippen LogP contribution in [0, 0.1) is 11.6 Å². The van der Waals surface area contributed by atoms with Crippen molar-refractivity contribution >= 4 is 11.8 Å². The first-order valence-electron chi connectivity index (χ1n) is 10.8. The Morgan fingerprint density at radius 3 is 2.64 bits per heavy atom. The van der Waals surface area contributed by atoms with Gasteiger partial charge in [-0.3, -0.25) is 4.90 Å². The van der Waals surface area contributed by atoms with Crippen molar-refractivity contribution in [3.05, 3.63) is 71.4 Å². The molecule has 1 spiro atoms. The molecule has 9 heteroatoms. The highest BCUT2D eigenvalue weighted by Crippen LogP contribution is 2.53. The van der Waals surface area contributed by atoms with Gasteiger partial charge in [0, 0.05) is 29.5 Å². The first-order chi connectivity index (χ1) is 16.0. The highest BCUT2D eigenvalue weighted by atomic mass is 19.1. The molecule has 33 heavy (non-hydrogen) atoms. The van der Waals surface area contributed by atoms with Crippen molar-refractivity contribution in [3.8, 4) is 17.4 Å². The molecule has 2 aromatic carbocycles. The Kier molecular flexibility index (Phi) is 6.13. The Labute approximate surface area is 190 Å². The molecule has 0 radical (unpaired) electrons. The molecule has 2 N–H and O–H groups in total. The van der Waals surface area contributed by atoms with Crippen LogP contribution in [0.1, 0.15) is 44.2 Å². The van der Waals surface area contributed by atoms with Crippen molar-refractivity contribution in [3.63, 3.8) is 0 Å². The van der Waals surface area contributed by atoms with E-state index in [1.165, 1.54) is 11.1 Å². The number of nitrogens with two attached hydrogens (primary N) is 1. The minimum absolute atomic E-state index is 0.00628. The maximum atomic E-state index is 14.5. The molecule has 1 saturated carbocycles. The summed E-state index contributed by atoms with van der Waals surface area (Å²) in [5, 5.41) is 7.64. The lowest BCUT2D eigenvalue weighted by Crippen LogP contribution is -2.57. The minimum Gasteiger partial charge on any atom is -0.437 e. The molecule has 7 nitrogen and oxygen atoms in total. The lowest BCUT2D eigenvalue weighted by molar-refractivity contribution is 0.00108. The Balaban J connectivity index is 0.00000126. The van der Waals surface area contributed by atoms with Crippen LogP contribution in [0.5, 0.6) is 17.4 Å². The third kappa shape index (κ3) is 4.06. The number of carbonyl (C=O) groups excluding carboxylic acids is 1. The van der Waals surface area contributed by atoms with Gasteiger partial charge in [0.15, 0.2) is 5.82 Å². The van der Waals surface area contributed by atoms with Crippen molar-refractivity contribution in [2.45, 2.75) is 45.2 Å². The minimum atomic E-state index is -0.734. The number of carbonyl (C=O) groups is 1. The number of anilines is 1. The van der Waals surface area contributed by atoms with Gasteiger partial charge in [0.2, 0.25) is 5.88 Å². The van der Waals surface area contributed by atoms with E-state index in [9.17, 15) is 13.6 Å². The SMILES string of the molecule is CC.Nc1cc(F)cc(CN2C(=O)Oc3cc(Oc4cccnn4)ccc3C23CCC3)c1F. The predicted molar refractivity (Wildman–Crippen MR) is 118 cm³/mol. The second-order valence-corrected chi connectivity index (χ2v) is 7.63. The van der Waals surface area contributed by atoms with Crippen molar-refractivity contribution in [1.29, 1.82) is 0 Å². The molecule has 5 rings (SSSR count). The average Bonchev–Trinajstić information content (AvgIpc) is 2.78. The van der Waals surface area contributed by atoms with E-state index in [1.807, 2.05) is 19.9 Å². The van der Waals surface area contributed by atoms with Gasteiger partial charge >= 0.3 is 6.09 Å². The molecule has 2 aliphatic rings. The molecule has 2 heterocycles. The summed E-state index contributed by atoms with van der Waals surface area (Å²) in [6.07, 6.45) is 3.17. The number of rotatable bonds is 4. The maximum Gasteiger partial charge on any atom is 0.416 e. The topological polar surface area (TPSA) is 90.6 Å². The molecular formula is C24H24F2N4O3. The van der Waals surface area contributed by atoms with Crippen molar-refractivity contribution in [2.75, 3.05) is 5.73 Å². The Bertz CT molecular complexity index is 1170. The van der Waals surface area contributed by atoms with E-state index in [4.69, 9.17) is 15.2 Å². The quantitative estimate of drug-likeness (QED) is 0.520. The molecule has 0 atom stereocenters. The van der Waals surface area contributed by atoms with E-state index in [2.05, 4.69) is 10.2 Å². The van der Waals surface area contributed by atoms with Gasteiger partial charge in [-0.05, 0) is 49.6 Å². The van der Waals surface area contributed by atoms with E-state index in [0.717, 1.165) is 24.1 Å². The molecule has 0 unspecified atom stereocenters. The molecule has 172 valence electrons. The van der Waals surface area contributed by atoms with Gasteiger partial charge in [-0.2, -0.15) is 5.10 Å². The van der Waals surface area contributed by atoms with Crippen molar-refractivity contribution in [2.24, 2.45) is 0 Å². The van der Waals surface area contributed by atoms with Crippen LogP contribution in [-0.2, 0) is 12.1 Å². The molecule has 1 aromatic heterocycles. The standard InChI is InChI=1S/C22H18F2N4O3.C2H6/c23-14-9-13(20(24)17(25)10-14)12-28-21(29)31-18-11-15(30-19-3-1-8-26-27-19)4-5-16(18)22(28)6-2-7-22;1-2/h1,3-5,8-11H,2,6-7,12,25H2;1-2H3. The predicted octanol–water partition coefficient (Wildman–Crippen LogP) is 5.55. The van der Waals surface area contributed by atoms with E-state index >= 15 is 0 Å². The fourth-order valence-corrected chi connectivity index (χ4v) is 4.19. The number of nitrogen functional groups attached to an aromatic ring is 1. The number of hydrogen-bond acceptors (Lipinski definition) is 6. The van der Waals surface area contributed by atoms with Crippen LogP contribution in [0.2, 0.25) is 0 Å². The van der Waals surface area contributed by atoms with Crippen LogP contribution in [0.3, 0.4) is 0 Å². The van der Waals surface area contributed by atoms with E-state index in [-0.39, 0.29) is 17.8 Å². The van der Waals surface area contributed by atoms with E-state index in [0.29, 0.717) is 30.2 Å². The fraction of sp³-hybridized carbons (Fsp3) is 0.292. The highest BCUT2D eigenvalue weighted by Gasteiger charge is 2.51. The number of nitrogens with zero attached hydrogens (tertiary/aromatic N) is 3. The second kappa shape index (κ2) is 9.01. The lowest BCUT2D eigenvalue weighted by atomic mass is 9.69. The average molecular weight is 454 g/mol. The van der Waals surface area contributed by atoms with Gasteiger partial charge in [0.1, 0.15) is 17.3 Å². The zero-order valence-electron chi connectivity index (χ0n) is 18.3. The largest absolute Gasteiger partial charge is 0.437 e. The zero-order valence-corrected chi connectivity index (χ0v) is 18.3. The summed E-state index contributed by atoms with van der Waals surface area (Å²) < 4.78 is 39.5. The summed E-state index contributed by atoms with van der Waals surface area (Å²) in [4.78, 5) is 14.4. The van der Waals surface area contributed by atoms with E-state index in [1.54, 1.807) is 24.3 Å². The zero-order chi connectivity index (χ0) is 23.6. The van der Waals surface area contributed by atoms with Gasteiger partial charge in [0.25, 0.3) is 0 Å². The lowest BCUT2D eigenvalue weighted by Gasteiger charge is -2.52.